The molecule has 1 heterocycles. The molecule has 1 aliphatic heterocycles. The molecular formula is C15H26O4. The van der Waals surface area contributed by atoms with Crippen molar-refractivity contribution in [2.24, 2.45) is 11.3 Å². The van der Waals surface area contributed by atoms with Gasteiger partial charge in [-0.3, -0.25) is 0 Å². The van der Waals surface area contributed by atoms with E-state index in [9.17, 15) is 10.2 Å². The number of aliphatic hydroxyl groups is 2. The fourth-order valence-electron chi connectivity index (χ4n) is 3.76. The van der Waals surface area contributed by atoms with E-state index in [0.29, 0.717) is 5.92 Å². The Morgan fingerprint density at radius 1 is 0.737 bits per heavy atom. The number of hydrogen-bond donors (Lipinski definition) is 2. The number of rotatable bonds is 1. The van der Waals surface area contributed by atoms with Crippen LogP contribution in [-0.2, 0) is 9.47 Å². The lowest BCUT2D eigenvalue weighted by molar-refractivity contribution is -0.262. The first-order chi connectivity index (χ1) is 9.17. The van der Waals surface area contributed by atoms with Crippen LogP contribution in [0.2, 0.25) is 0 Å². The molecule has 0 unspecified atom stereocenters. The molecule has 110 valence electrons. The monoisotopic (exact) mass is 270 g/mol. The minimum Gasteiger partial charge on any atom is -0.393 e. The van der Waals surface area contributed by atoms with E-state index in [1.165, 1.54) is 0 Å². The maximum atomic E-state index is 9.60. The minimum atomic E-state index is -0.122. The van der Waals surface area contributed by atoms with E-state index in [-0.39, 0.29) is 23.9 Å². The van der Waals surface area contributed by atoms with Crippen molar-refractivity contribution < 1.29 is 19.7 Å². The van der Waals surface area contributed by atoms with E-state index in [1.54, 1.807) is 0 Å². The molecule has 3 rings (SSSR count). The summed E-state index contributed by atoms with van der Waals surface area (Å²) in [5.41, 5.74) is 0.157. The Morgan fingerprint density at radius 3 is 1.84 bits per heavy atom. The topological polar surface area (TPSA) is 58.9 Å². The van der Waals surface area contributed by atoms with Crippen molar-refractivity contribution >= 4 is 0 Å². The highest BCUT2D eigenvalue weighted by atomic mass is 16.7. The Morgan fingerprint density at radius 2 is 1.26 bits per heavy atom. The Bertz CT molecular complexity index is 281. The zero-order chi connectivity index (χ0) is 13.3. The zero-order valence-electron chi connectivity index (χ0n) is 11.6. The van der Waals surface area contributed by atoms with Gasteiger partial charge in [-0.05, 0) is 51.4 Å². The van der Waals surface area contributed by atoms with E-state index in [2.05, 4.69) is 0 Å². The highest BCUT2D eigenvalue weighted by Gasteiger charge is 2.42. The second kappa shape index (κ2) is 5.68. The standard InChI is InChI=1S/C15H26O4/c16-12-3-1-11(2-4-12)14-18-9-15(10-19-14)7-5-13(17)6-8-15/h11-14,16-17H,1-10H2. The van der Waals surface area contributed by atoms with Gasteiger partial charge in [-0.1, -0.05) is 0 Å². The minimum absolute atomic E-state index is 0.0648. The molecule has 0 aromatic rings. The van der Waals surface area contributed by atoms with Crippen molar-refractivity contribution in [1.29, 1.82) is 0 Å². The van der Waals surface area contributed by atoms with Crippen molar-refractivity contribution in [1.82, 2.24) is 0 Å². The van der Waals surface area contributed by atoms with Crippen LogP contribution in [0.5, 0.6) is 0 Å². The molecule has 1 saturated heterocycles. The number of hydrogen-bond acceptors (Lipinski definition) is 4. The predicted molar refractivity (Wildman–Crippen MR) is 70.6 cm³/mol. The van der Waals surface area contributed by atoms with E-state index in [0.717, 1.165) is 64.6 Å². The average molecular weight is 270 g/mol. The van der Waals surface area contributed by atoms with Crippen molar-refractivity contribution in [2.75, 3.05) is 13.2 Å². The van der Waals surface area contributed by atoms with Crippen LogP contribution in [0, 0.1) is 11.3 Å². The first-order valence-electron chi connectivity index (χ1n) is 7.76. The molecule has 2 aliphatic carbocycles. The van der Waals surface area contributed by atoms with Gasteiger partial charge in [-0.25, -0.2) is 0 Å². The summed E-state index contributed by atoms with van der Waals surface area (Å²) in [5.74, 6) is 0.454. The zero-order valence-corrected chi connectivity index (χ0v) is 11.6. The molecule has 2 saturated carbocycles. The highest BCUT2D eigenvalue weighted by Crippen LogP contribution is 2.41. The normalized spacial score (nSPS) is 48.3. The summed E-state index contributed by atoms with van der Waals surface area (Å²) in [6.07, 6.45) is 7.28. The first-order valence-corrected chi connectivity index (χ1v) is 7.76. The fraction of sp³-hybridized carbons (Fsp3) is 1.00. The molecule has 3 fully saturated rings. The predicted octanol–water partition coefficient (Wildman–Crippen LogP) is 1.83. The Hall–Kier alpha value is -0.160. The molecule has 0 amide bonds. The van der Waals surface area contributed by atoms with Gasteiger partial charge in [0.05, 0.1) is 25.4 Å². The van der Waals surface area contributed by atoms with Crippen LogP contribution in [0.3, 0.4) is 0 Å². The van der Waals surface area contributed by atoms with Crippen LogP contribution >= 0.6 is 0 Å². The summed E-state index contributed by atoms with van der Waals surface area (Å²) in [7, 11) is 0. The van der Waals surface area contributed by atoms with Gasteiger partial charge < -0.3 is 19.7 Å². The van der Waals surface area contributed by atoms with Crippen molar-refractivity contribution in [3.05, 3.63) is 0 Å². The Labute approximate surface area is 115 Å². The molecule has 0 bridgehead atoms. The molecule has 0 radical (unpaired) electrons. The number of ether oxygens (including phenoxy) is 2. The summed E-state index contributed by atoms with van der Waals surface area (Å²) >= 11 is 0. The summed E-state index contributed by atoms with van der Waals surface area (Å²) in [5, 5.41) is 19.1. The molecule has 3 aliphatic rings. The van der Waals surface area contributed by atoms with Gasteiger partial charge in [-0.15, -0.1) is 0 Å². The van der Waals surface area contributed by atoms with Crippen molar-refractivity contribution in [2.45, 2.75) is 69.9 Å². The Balaban J connectivity index is 1.49. The van der Waals surface area contributed by atoms with E-state index in [4.69, 9.17) is 9.47 Å². The van der Waals surface area contributed by atoms with Crippen LogP contribution in [0.15, 0.2) is 0 Å². The van der Waals surface area contributed by atoms with E-state index in [1.807, 2.05) is 0 Å². The maximum absolute atomic E-state index is 9.60. The summed E-state index contributed by atoms with van der Waals surface area (Å²) in [6, 6.07) is 0. The van der Waals surface area contributed by atoms with E-state index >= 15 is 0 Å². The third-order valence-corrected chi connectivity index (χ3v) is 5.25. The lowest BCUT2D eigenvalue weighted by Gasteiger charge is -2.45. The molecule has 4 nitrogen and oxygen atoms in total. The van der Waals surface area contributed by atoms with Gasteiger partial charge in [0.15, 0.2) is 6.29 Å². The molecule has 2 N–H and O–H groups in total. The molecular weight excluding hydrogens is 244 g/mol. The highest BCUT2D eigenvalue weighted by molar-refractivity contribution is 4.88. The summed E-state index contributed by atoms with van der Waals surface area (Å²) < 4.78 is 12.0. The second-order valence-electron chi connectivity index (χ2n) is 6.79. The molecule has 1 spiro atoms. The van der Waals surface area contributed by atoms with Crippen molar-refractivity contribution in [3.63, 3.8) is 0 Å². The first kappa shape index (κ1) is 13.8. The smallest absolute Gasteiger partial charge is 0.160 e. The van der Waals surface area contributed by atoms with Crippen LogP contribution < -0.4 is 0 Å². The van der Waals surface area contributed by atoms with Gasteiger partial charge in [0.1, 0.15) is 0 Å². The number of aliphatic hydroxyl groups excluding tert-OH is 2. The average Bonchev–Trinajstić information content (AvgIpc) is 2.44. The molecule has 4 heteroatoms. The van der Waals surface area contributed by atoms with Crippen LogP contribution in [0.1, 0.15) is 51.4 Å². The molecule has 0 aromatic heterocycles. The summed E-state index contributed by atoms with van der Waals surface area (Å²) in [6.45, 7) is 1.56. The van der Waals surface area contributed by atoms with Gasteiger partial charge in [0.25, 0.3) is 0 Å². The van der Waals surface area contributed by atoms with Crippen LogP contribution in [0.25, 0.3) is 0 Å². The fourth-order valence-corrected chi connectivity index (χ4v) is 3.76. The van der Waals surface area contributed by atoms with Gasteiger partial charge in [-0.2, -0.15) is 0 Å². The largest absolute Gasteiger partial charge is 0.393 e. The van der Waals surface area contributed by atoms with Gasteiger partial charge in [0.2, 0.25) is 0 Å². The maximum Gasteiger partial charge on any atom is 0.160 e. The third kappa shape index (κ3) is 3.13. The van der Waals surface area contributed by atoms with Crippen LogP contribution in [0.4, 0.5) is 0 Å². The van der Waals surface area contributed by atoms with Crippen molar-refractivity contribution in [3.8, 4) is 0 Å². The molecule has 19 heavy (non-hydrogen) atoms. The third-order valence-electron chi connectivity index (χ3n) is 5.25. The summed E-state index contributed by atoms with van der Waals surface area (Å²) in [4.78, 5) is 0. The second-order valence-corrected chi connectivity index (χ2v) is 6.79. The Kier molecular flexibility index (Phi) is 4.13. The quantitative estimate of drug-likeness (QED) is 0.763. The van der Waals surface area contributed by atoms with Gasteiger partial charge >= 0.3 is 0 Å². The molecule has 0 atom stereocenters. The van der Waals surface area contributed by atoms with Gasteiger partial charge in [0, 0.05) is 11.3 Å². The van der Waals surface area contributed by atoms with Crippen LogP contribution in [-0.4, -0.2) is 41.9 Å². The molecule has 0 aromatic carbocycles. The SMILES string of the molecule is OC1CCC(C2OCC3(CCC(O)CC3)CO2)CC1. The lowest BCUT2D eigenvalue weighted by Crippen LogP contribution is -2.47. The van der Waals surface area contributed by atoms with E-state index < -0.39 is 0 Å². The lowest BCUT2D eigenvalue weighted by atomic mass is 9.73.